The standard InChI is InChI=1S/C15H21F2NO/c16-15(17)19-14-8-6-13(7-9-14)18-11-10-12-4-2-1-3-5-12/h6-9,12,15,18H,1-5,10-11H2. The third-order valence-corrected chi connectivity index (χ3v) is 3.69. The molecule has 2 rings (SSSR count). The second-order valence-corrected chi connectivity index (χ2v) is 5.12. The van der Waals surface area contributed by atoms with E-state index in [0.717, 1.165) is 18.2 Å². The summed E-state index contributed by atoms with van der Waals surface area (Å²) >= 11 is 0. The van der Waals surface area contributed by atoms with E-state index in [1.807, 2.05) is 0 Å². The van der Waals surface area contributed by atoms with Gasteiger partial charge in [-0.1, -0.05) is 32.1 Å². The largest absolute Gasteiger partial charge is 0.435 e. The van der Waals surface area contributed by atoms with E-state index in [9.17, 15) is 8.78 Å². The quantitative estimate of drug-likeness (QED) is 0.810. The normalized spacial score (nSPS) is 16.6. The van der Waals surface area contributed by atoms with E-state index in [0.29, 0.717) is 0 Å². The fourth-order valence-corrected chi connectivity index (χ4v) is 2.65. The number of hydrogen-bond donors (Lipinski definition) is 1. The Morgan fingerprint density at radius 2 is 1.79 bits per heavy atom. The summed E-state index contributed by atoms with van der Waals surface area (Å²) in [5.74, 6) is 1.05. The lowest BCUT2D eigenvalue weighted by Crippen LogP contribution is -2.12. The van der Waals surface area contributed by atoms with Crippen molar-refractivity contribution in [3.8, 4) is 5.75 Å². The van der Waals surface area contributed by atoms with E-state index in [2.05, 4.69) is 10.1 Å². The number of nitrogens with one attached hydrogen (secondary N) is 1. The zero-order chi connectivity index (χ0) is 13.5. The maximum Gasteiger partial charge on any atom is 0.387 e. The highest BCUT2D eigenvalue weighted by atomic mass is 19.3. The number of halogens is 2. The van der Waals surface area contributed by atoms with E-state index in [-0.39, 0.29) is 5.75 Å². The zero-order valence-corrected chi connectivity index (χ0v) is 11.1. The first kappa shape index (κ1) is 14.1. The van der Waals surface area contributed by atoms with Crippen molar-refractivity contribution >= 4 is 5.69 Å². The molecule has 0 saturated heterocycles. The van der Waals surface area contributed by atoms with Gasteiger partial charge in [0.05, 0.1) is 0 Å². The Labute approximate surface area is 113 Å². The Morgan fingerprint density at radius 3 is 2.42 bits per heavy atom. The molecule has 106 valence electrons. The summed E-state index contributed by atoms with van der Waals surface area (Å²) in [6.45, 7) is -1.81. The van der Waals surface area contributed by atoms with Gasteiger partial charge in [0, 0.05) is 12.2 Å². The van der Waals surface area contributed by atoms with Crippen LogP contribution in [0.15, 0.2) is 24.3 Å². The summed E-state index contributed by atoms with van der Waals surface area (Å²) < 4.78 is 28.3. The Kier molecular flexibility index (Phi) is 5.43. The van der Waals surface area contributed by atoms with Gasteiger partial charge in [0.15, 0.2) is 0 Å². The van der Waals surface area contributed by atoms with Crippen LogP contribution in [-0.4, -0.2) is 13.2 Å². The van der Waals surface area contributed by atoms with Crippen molar-refractivity contribution in [3.63, 3.8) is 0 Å². The molecule has 1 aliphatic rings. The molecule has 1 saturated carbocycles. The van der Waals surface area contributed by atoms with Crippen molar-refractivity contribution in [1.29, 1.82) is 0 Å². The highest BCUT2D eigenvalue weighted by molar-refractivity contribution is 5.46. The van der Waals surface area contributed by atoms with Gasteiger partial charge < -0.3 is 10.1 Å². The predicted octanol–water partition coefficient (Wildman–Crippen LogP) is 4.67. The second kappa shape index (κ2) is 7.31. The van der Waals surface area contributed by atoms with Crippen LogP contribution in [-0.2, 0) is 0 Å². The van der Waals surface area contributed by atoms with Gasteiger partial charge in [-0.2, -0.15) is 8.78 Å². The van der Waals surface area contributed by atoms with Crippen molar-refractivity contribution in [1.82, 2.24) is 0 Å². The third kappa shape index (κ3) is 5.05. The molecule has 0 spiro atoms. The average Bonchev–Trinajstić information content (AvgIpc) is 2.41. The number of benzene rings is 1. The van der Waals surface area contributed by atoms with Crippen molar-refractivity contribution in [3.05, 3.63) is 24.3 Å². The van der Waals surface area contributed by atoms with Gasteiger partial charge in [0.25, 0.3) is 0 Å². The summed E-state index contributed by atoms with van der Waals surface area (Å²) in [6, 6.07) is 6.68. The molecule has 1 N–H and O–H groups in total. The zero-order valence-electron chi connectivity index (χ0n) is 11.1. The second-order valence-electron chi connectivity index (χ2n) is 5.12. The smallest absolute Gasteiger partial charge is 0.387 e. The van der Waals surface area contributed by atoms with Crippen LogP contribution in [0, 0.1) is 5.92 Å². The first-order valence-corrected chi connectivity index (χ1v) is 7.03. The minimum Gasteiger partial charge on any atom is -0.435 e. The third-order valence-electron chi connectivity index (χ3n) is 3.69. The topological polar surface area (TPSA) is 21.3 Å². The summed E-state index contributed by atoms with van der Waals surface area (Å²) in [5.41, 5.74) is 0.956. The maximum absolute atomic E-state index is 12.0. The van der Waals surface area contributed by atoms with E-state index in [1.165, 1.54) is 38.5 Å². The SMILES string of the molecule is FC(F)Oc1ccc(NCCC2CCCCC2)cc1. The molecule has 1 aromatic carbocycles. The molecule has 1 fully saturated rings. The van der Waals surface area contributed by atoms with Crippen molar-refractivity contribution in [2.75, 3.05) is 11.9 Å². The molecule has 0 bridgehead atoms. The Bertz CT molecular complexity index is 361. The Hall–Kier alpha value is -1.32. The fourth-order valence-electron chi connectivity index (χ4n) is 2.65. The molecule has 19 heavy (non-hydrogen) atoms. The fraction of sp³-hybridized carbons (Fsp3) is 0.600. The number of hydrogen-bond acceptors (Lipinski definition) is 2. The van der Waals surface area contributed by atoms with E-state index < -0.39 is 6.61 Å². The minimum absolute atomic E-state index is 0.202. The highest BCUT2D eigenvalue weighted by Gasteiger charge is 2.12. The van der Waals surface area contributed by atoms with Crippen molar-refractivity contribution in [2.45, 2.75) is 45.1 Å². The molecule has 0 aliphatic heterocycles. The van der Waals surface area contributed by atoms with Crippen molar-refractivity contribution in [2.24, 2.45) is 5.92 Å². The molecule has 0 heterocycles. The van der Waals surface area contributed by atoms with Gasteiger partial charge >= 0.3 is 6.61 Å². The number of alkyl halides is 2. The lowest BCUT2D eigenvalue weighted by molar-refractivity contribution is -0.0498. The molecule has 1 aromatic rings. The van der Waals surface area contributed by atoms with Gasteiger partial charge in [0.2, 0.25) is 0 Å². The van der Waals surface area contributed by atoms with E-state index in [1.54, 1.807) is 24.3 Å². The summed E-state index contributed by atoms with van der Waals surface area (Å²) in [7, 11) is 0. The van der Waals surface area contributed by atoms with Gasteiger partial charge in [-0.15, -0.1) is 0 Å². The number of anilines is 1. The first-order valence-electron chi connectivity index (χ1n) is 7.03. The molecule has 0 unspecified atom stereocenters. The maximum atomic E-state index is 12.0. The molecule has 0 radical (unpaired) electrons. The number of rotatable bonds is 6. The van der Waals surface area contributed by atoms with Gasteiger partial charge in [-0.05, 0) is 36.6 Å². The average molecular weight is 269 g/mol. The molecule has 0 amide bonds. The Balaban J connectivity index is 1.70. The van der Waals surface area contributed by atoms with Gasteiger partial charge in [0.1, 0.15) is 5.75 Å². The van der Waals surface area contributed by atoms with Crippen LogP contribution in [0.2, 0.25) is 0 Å². The van der Waals surface area contributed by atoms with Gasteiger partial charge in [-0.25, -0.2) is 0 Å². The van der Waals surface area contributed by atoms with Gasteiger partial charge in [-0.3, -0.25) is 0 Å². The molecule has 4 heteroatoms. The summed E-state index contributed by atoms with van der Waals surface area (Å²) in [6.07, 6.45) is 8.01. The highest BCUT2D eigenvalue weighted by Crippen LogP contribution is 2.26. The van der Waals surface area contributed by atoms with E-state index >= 15 is 0 Å². The molecular weight excluding hydrogens is 248 g/mol. The minimum atomic E-state index is -2.76. The van der Waals surface area contributed by atoms with Crippen LogP contribution in [0.25, 0.3) is 0 Å². The molecular formula is C15H21F2NO. The van der Waals surface area contributed by atoms with Crippen LogP contribution >= 0.6 is 0 Å². The van der Waals surface area contributed by atoms with Crippen molar-refractivity contribution < 1.29 is 13.5 Å². The molecule has 0 atom stereocenters. The van der Waals surface area contributed by atoms with Crippen LogP contribution in [0.1, 0.15) is 38.5 Å². The molecule has 1 aliphatic carbocycles. The van der Waals surface area contributed by atoms with Crippen LogP contribution < -0.4 is 10.1 Å². The first-order chi connectivity index (χ1) is 9.24. The van der Waals surface area contributed by atoms with E-state index in [4.69, 9.17) is 0 Å². The van der Waals surface area contributed by atoms with Crippen LogP contribution in [0.5, 0.6) is 5.75 Å². The van der Waals surface area contributed by atoms with Crippen LogP contribution in [0.3, 0.4) is 0 Å². The predicted molar refractivity (Wildman–Crippen MR) is 72.8 cm³/mol. The van der Waals surface area contributed by atoms with Crippen LogP contribution in [0.4, 0.5) is 14.5 Å². The lowest BCUT2D eigenvalue weighted by atomic mass is 9.87. The summed E-state index contributed by atoms with van der Waals surface area (Å²) in [4.78, 5) is 0. The Morgan fingerprint density at radius 1 is 1.11 bits per heavy atom. The molecule has 0 aromatic heterocycles. The lowest BCUT2D eigenvalue weighted by Gasteiger charge is -2.21. The molecule has 2 nitrogen and oxygen atoms in total. The number of ether oxygens (including phenoxy) is 1. The monoisotopic (exact) mass is 269 g/mol. The summed E-state index contributed by atoms with van der Waals surface area (Å²) in [5, 5.41) is 3.33.